The number of hydrogen-bond acceptors (Lipinski definition) is 4. The zero-order valence-electron chi connectivity index (χ0n) is 16.1. The molecule has 2 aromatic carbocycles. The molecule has 0 unspecified atom stereocenters. The van der Waals surface area contributed by atoms with E-state index in [9.17, 15) is 9.59 Å². The summed E-state index contributed by atoms with van der Waals surface area (Å²) >= 11 is 5.22. The van der Waals surface area contributed by atoms with Gasteiger partial charge in [0, 0.05) is 12.1 Å². The van der Waals surface area contributed by atoms with Crippen molar-refractivity contribution in [1.82, 2.24) is 10.6 Å². The average Bonchev–Trinajstić information content (AvgIpc) is 2.69. The summed E-state index contributed by atoms with van der Waals surface area (Å²) in [6.07, 6.45) is 2.05. The van der Waals surface area contributed by atoms with Crippen LogP contribution >= 0.6 is 12.2 Å². The Hall–Kier alpha value is -2.93. The SMILES string of the molecule is CCCCOc1ccc(C(=O)NC(=S)Nc2ccccc2C(=O)NCC)cc1. The molecule has 28 heavy (non-hydrogen) atoms. The smallest absolute Gasteiger partial charge is 0.257 e. The lowest BCUT2D eigenvalue weighted by Gasteiger charge is -2.13. The van der Waals surface area contributed by atoms with E-state index < -0.39 is 0 Å². The van der Waals surface area contributed by atoms with E-state index in [0.717, 1.165) is 18.6 Å². The summed E-state index contributed by atoms with van der Waals surface area (Å²) in [6, 6.07) is 13.8. The number of nitrogens with one attached hydrogen (secondary N) is 3. The van der Waals surface area contributed by atoms with Gasteiger partial charge in [0.1, 0.15) is 5.75 Å². The first-order valence-electron chi connectivity index (χ1n) is 9.27. The lowest BCUT2D eigenvalue weighted by atomic mass is 10.1. The zero-order chi connectivity index (χ0) is 20.4. The standard InChI is InChI=1S/C21H25N3O3S/c1-3-5-14-27-16-12-10-15(11-13-16)19(25)24-21(28)23-18-9-7-6-8-17(18)20(26)22-4-2/h6-13H,3-5,14H2,1-2H3,(H,22,26)(H2,23,24,25,28). The minimum Gasteiger partial charge on any atom is -0.494 e. The van der Waals surface area contributed by atoms with Crippen LogP contribution in [0.5, 0.6) is 5.75 Å². The quantitative estimate of drug-likeness (QED) is 0.465. The van der Waals surface area contributed by atoms with Crippen LogP contribution in [0.2, 0.25) is 0 Å². The van der Waals surface area contributed by atoms with Crippen molar-refractivity contribution in [3.63, 3.8) is 0 Å². The third-order valence-corrected chi connectivity index (χ3v) is 4.07. The van der Waals surface area contributed by atoms with Crippen molar-refractivity contribution in [3.8, 4) is 5.75 Å². The lowest BCUT2D eigenvalue weighted by molar-refractivity contribution is 0.0954. The topological polar surface area (TPSA) is 79.5 Å². The molecule has 0 spiro atoms. The summed E-state index contributed by atoms with van der Waals surface area (Å²) < 4.78 is 5.59. The monoisotopic (exact) mass is 399 g/mol. The number of carbonyl (C=O) groups excluding carboxylic acids is 2. The van der Waals surface area contributed by atoms with Crippen molar-refractivity contribution >= 4 is 34.8 Å². The molecular weight excluding hydrogens is 374 g/mol. The molecule has 0 fully saturated rings. The van der Waals surface area contributed by atoms with Crippen LogP contribution in [0.3, 0.4) is 0 Å². The van der Waals surface area contributed by atoms with Gasteiger partial charge in [-0.1, -0.05) is 25.5 Å². The number of amides is 2. The van der Waals surface area contributed by atoms with Gasteiger partial charge in [-0.05, 0) is 62.0 Å². The zero-order valence-corrected chi connectivity index (χ0v) is 16.9. The molecule has 7 heteroatoms. The Kier molecular flexibility index (Phi) is 8.42. The molecule has 0 bridgehead atoms. The minimum absolute atomic E-state index is 0.116. The predicted octanol–water partition coefficient (Wildman–Crippen LogP) is 3.74. The van der Waals surface area contributed by atoms with Gasteiger partial charge in [0.25, 0.3) is 11.8 Å². The van der Waals surface area contributed by atoms with Crippen LogP contribution in [0, 0.1) is 0 Å². The fourth-order valence-electron chi connectivity index (χ4n) is 2.41. The second-order valence-electron chi connectivity index (χ2n) is 6.04. The van der Waals surface area contributed by atoms with Crippen LogP contribution in [-0.2, 0) is 0 Å². The van der Waals surface area contributed by atoms with E-state index >= 15 is 0 Å². The number of anilines is 1. The Morgan fingerprint density at radius 1 is 1.00 bits per heavy atom. The molecule has 0 saturated carbocycles. The predicted molar refractivity (Wildman–Crippen MR) is 115 cm³/mol. The lowest BCUT2D eigenvalue weighted by Crippen LogP contribution is -2.35. The highest BCUT2D eigenvalue weighted by atomic mass is 32.1. The molecule has 6 nitrogen and oxygen atoms in total. The van der Waals surface area contributed by atoms with Crippen molar-refractivity contribution in [2.45, 2.75) is 26.7 Å². The molecule has 0 radical (unpaired) electrons. The van der Waals surface area contributed by atoms with Crippen LogP contribution < -0.4 is 20.7 Å². The molecule has 0 aromatic heterocycles. The van der Waals surface area contributed by atoms with Gasteiger partial charge in [-0.3, -0.25) is 14.9 Å². The average molecular weight is 400 g/mol. The Morgan fingerprint density at radius 3 is 2.39 bits per heavy atom. The van der Waals surface area contributed by atoms with E-state index in [1.807, 2.05) is 6.92 Å². The number of ether oxygens (including phenoxy) is 1. The number of rotatable bonds is 8. The first-order valence-corrected chi connectivity index (χ1v) is 9.68. The van der Waals surface area contributed by atoms with E-state index in [-0.39, 0.29) is 16.9 Å². The van der Waals surface area contributed by atoms with Gasteiger partial charge in [0.05, 0.1) is 17.9 Å². The molecule has 0 atom stereocenters. The Morgan fingerprint density at radius 2 is 1.71 bits per heavy atom. The van der Waals surface area contributed by atoms with E-state index in [0.29, 0.717) is 30.0 Å². The molecule has 3 N–H and O–H groups in total. The summed E-state index contributed by atoms with van der Waals surface area (Å²) in [5, 5.41) is 8.39. The first kappa shape index (κ1) is 21.4. The molecule has 2 rings (SSSR count). The van der Waals surface area contributed by atoms with Gasteiger partial charge in [-0.2, -0.15) is 0 Å². The summed E-state index contributed by atoms with van der Waals surface area (Å²) in [7, 11) is 0. The minimum atomic E-state index is -0.340. The number of para-hydroxylation sites is 1. The van der Waals surface area contributed by atoms with Crippen molar-refractivity contribution in [2.24, 2.45) is 0 Å². The van der Waals surface area contributed by atoms with Gasteiger partial charge in [-0.15, -0.1) is 0 Å². The molecule has 0 aliphatic carbocycles. The summed E-state index contributed by atoms with van der Waals surface area (Å²) in [6.45, 7) is 5.12. The van der Waals surface area contributed by atoms with Crippen LogP contribution in [-0.4, -0.2) is 30.1 Å². The number of unbranched alkanes of at least 4 members (excludes halogenated alkanes) is 1. The van der Waals surface area contributed by atoms with E-state index in [4.69, 9.17) is 17.0 Å². The Bertz CT molecular complexity index is 822. The van der Waals surface area contributed by atoms with Gasteiger partial charge in [0.2, 0.25) is 0 Å². The van der Waals surface area contributed by atoms with Crippen molar-refractivity contribution in [1.29, 1.82) is 0 Å². The largest absolute Gasteiger partial charge is 0.494 e. The highest BCUT2D eigenvalue weighted by Gasteiger charge is 2.13. The molecule has 0 heterocycles. The first-order chi connectivity index (χ1) is 13.5. The maximum absolute atomic E-state index is 12.4. The van der Waals surface area contributed by atoms with Crippen LogP contribution in [0.15, 0.2) is 48.5 Å². The third-order valence-electron chi connectivity index (χ3n) is 3.87. The van der Waals surface area contributed by atoms with Gasteiger partial charge in [0.15, 0.2) is 5.11 Å². The van der Waals surface area contributed by atoms with E-state index in [1.54, 1.807) is 48.5 Å². The maximum atomic E-state index is 12.4. The van der Waals surface area contributed by atoms with Crippen molar-refractivity contribution in [3.05, 3.63) is 59.7 Å². The van der Waals surface area contributed by atoms with Gasteiger partial charge >= 0.3 is 0 Å². The normalized spacial score (nSPS) is 10.1. The van der Waals surface area contributed by atoms with Crippen LogP contribution in [0.4, 0.5) is 5.69 Å². The Labute approximate surface area is 170 Å². The summed E-state index contributed by atoms with van der Waals surface area (Å²) in [4.78, 5) is 24.5. The third kappa shape index (κ3) is 6.35. The molecule has 2 amide bonds. The van der Waals surface area contributed by atoms with Gasteiger partial charge < -0.3 is 15.4 Å². The fourth-order valence-corrected chi connectivity index (χ4v) is 2.61. The highest BCUT2D eigenvalue weighted by molar-refractivity contribution is 7.80. The van der Waals surface area contributed by atoms with Crippen LogP contribution in [0.1, 0.15) is 47.4 Å². The number of benzene rings is 2. The summed E-state index contributed by atoms with van der Waals surface area (Å²) in [5.74, 6) is 0.174. The number of thiocarbonyl (C=S) groups is 1. The second-order valence-corrected chi connectivity index (χ2v) is 6.45. The molecule has 0 saturated heterocycles. The molecular formula is C21H25N3O3S. The van der Waals surface area contributed by atoms with Crippen LogP contribution in [0.25, 0.3) is 0 Å². The highest BCUT2D eigenvalue weighted by Crippen LogP contribution is 2.15. The maximum Gasteiger partial charge on any atom is 0.257 e. The molecule has 2 aromatic rings. The Balaban J connectivity index is 1.96. The van der Waals surface area contributed by atoms with Gasteiger partial charge in [-0.25, -0.2) is 0 Å². The molecule has 0 aliphatic heterocycles. The molecule has 148 valence electrons. The van der Waals surface area contributed by atoms with E-state index in [1.165, 1.54) is 0 Å². The van der Waals surface area contributed by atoms with Crippen molar-refractivity contribution < 1.29 is 14.3 Å². The fraction of sp³-hybridized carbons (Fsp3) is 0.286. The van der Waals surface area contributed by atoms with E-state index in [2.05, 4.69) is 22.9 Å². The molecule has 0 aliphatic rings. The number of hydrogen-bond donors (Lipinski definition) is 3. The summed E-state index contributed by atoms with van der Waals surface area (Å²) in [5.41, 5.74) is 1.44. The number of carbonyl (C=O) groups is 2. The second kappa shape index (κ2) is 11.0. The van der Waals surface area contributed by atoms with Crippen molar-refractivity contribution in [2.75, 3.05) is 18.5 Å².